The maximum atomic E-state index is 6.42. The second kappa shape index (κ2) is 6.15. The van der Waals surface area contributed by atoms with E-state index in [-0.39, 0.29) is 16.9 Å². The topological polar surface area (TPSA) is 29.3 Å². The predicted molar refractivity (Wildman–Crippen MR) is 120 cm³/mol. The standard InChI is InChI=1S/C25H34N2S/c1-4-19-17-12-24(18-8-6-5-7-9-18)14-20(19)25(13-17,15-24)22(28)27-11-10-21(26)23(2,3)16-27/h4-9,17,20-21H,10-16,26H2,1-3H3/b19-4-/t17?,20?,21-,24?,25?/m0/s1. The number of allylic oxidation sites excluding steroid dienone is 2. The zero-order valence-corrected chi connectivity index (χ0v) is 18.4. The molecule has 6 rings (SSSR count). The molecule has 3 heteroatoms. The predicted octanol–water partition coefficient (Wildman–Crippen LogP) is 5.08. The molecule has 4 unspecified atom stereocenters. The van der Waals surface area contributed by atoms with Gasteiger partial charge in [-0.3, -0.25) is 0 Å². The van der Waals surface area contributed by atoms with E-state index in [1.54, 1.807) is 11.1 Å². The molecule has 4 aliphatic carbocycles. The van der Waals surface area contributed by atoms with Crippen molar-refractivity contribution in [2.75, 3.05) is 13.1 Å². The zero-order valence-electron chi connectivity index (χ0n) is 17.6. The van der Waals surface area contributed by atoms with Gasteiger partial charge in [0.25, 0.3) is 0 Å². The minimum absolute atomic E-state index is 0.134. The fourth-order valence-electron chi connectivity index (χ4n) is 7.44. The number of rotatable bonds is 2. The highest BCUT2D eigenvalue weighted by molar-refractivity contribution is 7.80. The van der Waals surface area contributed by atoms with E-state index < -0.39 is 0 Å². The Morgan fingerprint density at radius 1 is 1.18 bits per heavy atom. The first-order chi connectivity index (χ1) is 13.3. The van der Waals surface area contributed by atoms with Crippen molar-refractivity contribution >= 4 is 17.2 Å². The fraction of sp³-hybridized carbons (Fsp3) is 0.640. The molecular weight excluding hydrogens is 360 g/mol. The number of hydrogen-bond donors (Lipinski definition) is 1. The van der Waals surface area contributed by atoms with Crippen molar-refractivity contribution in [1.29, 1.82) is 0 Å². The lowest BCUT2D eigenvalue weighted by Gasteiger charge is -2.48. The van der Waals surface area contributed by atoms with Gasteiger partial charge in [-0.25, -0.2) is 0 Å². The molecule has 5 fully saturated rings. The van der Waals surface area contributed by atoms with Crippen molar-refractivity contribution in [3.8, 4) is 0 Å². The largest absolute Gasteiger partial charge is 0.365 e. The van der Waals surface area contributed by atoms with E-state index >= 15 is 0 Å². The summed E-state index contributed by atoms with van der Waals surface area (Å²) in [7, 11) is 0. The minimum atomic E-state index is 0.134. The van der Waals surface area contributed by atoms with Gasteiger partial charge in [-0.15, -0.1) is 0 Å². The van der Waals surface area contributed by atoms with Crippen molar-refractivity contribution in [3.63, 3.8) is 0 Å². The number of nitrogens with zero attached hydrogens (tertiary/aromatic N) is 1. The second-order valence-electron chi connectivity index (χ2n) is 10.7. The van der Waals surface area contributed by atoms with Crippen LogP contribution in [0.1, 0.15) is 58.4 Å². The van der Waals surface area contributed by atoms with E-state index in [4.69, 9.17) is 18.0 Å². The van der Waals surface area contributed by atoms with Gasteiger partial charge in [0, 0.05) is 24.5 Å². The molecule has 150 valence electrons. The average molecular weight is 395 g/mol. The maximum absolute atomic E-state index is 6.42. The van der Waals surface area contributed by atoms with Gasteiger partial charge in [0.15, 0.2) is 0 Å². The number of thiocarbonyl (C=S) groups is 1. The third-order valence-electron chi connectivity index (χ3n) is 8.78. The van der Waals surface area contributed by atoms with E-state index in [0.717, 1.165) is 25.4 Å². The van der Waals surface area contributed by atoms with Crippen LogP contribution in [0.15, 0.2) is 42.0 Å². The van der Waals surface area contributed by atoms with Crippen molar-refractivity contribution in [2.24, 2.45) is 28.4 Å². The molecular formula is C25H34N2S. The van der Waals surface area contributed by atoms with Crippen LogP contribution in [-0.2, 0) is 5.41 Å². The molecule has 2 N–H and O–H groups in total. The molecule has 2 nitrogen and oxygen atoms in total. The van der Waals surface area contributed by atoms with Crippen LogP contribution in [0.5, 0.6) is 0 Å². The van der Waals surface area contributed by atoms with Crippen LogP contribution in [0, 0.1) is 22.7 Å². The van der Waals surface area contributed by atoms with E-state index in [2.05, 4.69) is 62.1 Å². The third kappa shape index (κ3) is 2.45. The van der Waals surface area contributed by atoms with Gasteiger partial charge in [-0.2, -0.15) is 0 Å². The van der Waals surface area contributed by atoms with Crippen LogP contribution >= 0.6 is 12.2 Å². The molecule has 0 spiro atoms. The van der Waals surface area contributed by atoms with E-state index in [1.807, 2.05) is 0 Å². The summed E-state index contributed by atoms with van der Waals surface area (Å²) in [4.78, 5) is 3.81. The maximum Gasteiger partial charge on any atom is 0.0848 e. The lowest BCUT2D eigenvalue weighted by Crippen LogP contribution is -2.56. The SMILES string of the molecule is C/C=C1/C2CC3(c4ccccc4)CC1C(C(=S)N1CC[C@H](N)C(C)(C)C1)(C2)C3. The van der Waals surface area contributed by atoms with E-state index in [1.165, 1.54) is 30.7 Å². The minimum Gasteiger partial charge on any atom is -0.365 e. The van der Waals surface area contributed by atoms with Crippen LogP contribution in [0.4, 0.5) is 0 Å². The Hall–Kier alpha value is -1.19. The Balaban J connectivity index is 1.52. The summed E-state index contributed by atoms with van der Waals surface area (Å²) in [5.41, 5.74) is 10.3. The molecule has 28 heavy (non-hydrogen) atoms. The Morgan fingerprint density at radius 3 is 2.61 bits per heavy atom. The average Bonchev–Trinajstić information content (AvgIpc) is 3.06. The monoisotopic (exact) mass is 394 g/mol. The van der Waals surface area contributed by atoms with Crippen LogP contribution in [-0.4, -0.2) is 29.0 Å². The Morgan fingerprint density at radius 2 is 1.93 bits per heavy atom. The first-order valence-electron chi connectivity index (χ1n) is 11.1. The highest BCUT2D eigenvalue weighted by atomic mass is 32.1. The highest BCUT2D eigenvalue weighted by Gasteiger charge is 2.68. The molecule has 0 radical (unpaired) electrons. The van der Waals surface area contributed by atoms with Crippen molar-refractivity contribution in [1.82, 2.24) is 4.90 Å². The van der Waals surface area contributed by atoms with Gasteiger partial charge < -0.3 is 10.6 Å². The number of piperidine rings is 1. The molecule has 0 amide bonds. The van der Waals surface area contributed by atoms with Crippen molar-refractivity contribution in [3.05, 3.63) is 47.5 Å². The van der Waals surface area contributed by atoms with Crippen LogP contribution in [0.2, 0.25) is 0 Å². The summed E-state index contributed by atoms with van der Waals surface area (Å²) in [5.74, 6) is 1.36. The van der Waals surface area contributed by atoms with Gasteiger partial charge in [-0.1, -0.05) is 68.0 Å². The van der Waals surface area contributed by atoms with Crippen LogP contribution in [0.25, 0.3) is 0 Å². The van der Waals surface area contributed by atoms with Gasteiger partial charge in [0.1, 0.15) is 0 Å². The number of likely N-dealkylation sites (tertiary alicyclic amines) is 1. The molecule has 5 aliphatic rings. The lowest BCUT2D eigenvalue weighted by molar-refractivity contribution is 0.133. The van der Waals surface area contributed by atoms with Gasteiger partial charge in [0.2, 0.25) is 0 Å². The van der Waals surface area contributed by atoms with E-state index in [9.17, 15) is 0 Å². The van der Waals surface area contributed by atoms with E-state index in [0.29, 0.717) is 11.3 Å². The summed E-state index contributed by atoms with van der Waals surface area (Å²) < 4.78 is 0. The summed E-state index contributed by atoms with van der Waals surface area (Å²) in [6.07, 6.45) is 8.59. The quantitative estimate of drug-likeness (QED) is 0.560. The lowest BCUT2D eigenvalue weighted by atomic mass is 9.63. The molecule has 0 aromatic heterocycles. The Kier molecular flexibility index (Phi) is 4.13. The van der Waals surface area contributed by atoms with Crippen LogP contribution in [0.3, 0.4) is 0 Å². The first-order valence-corrected chi connectivity index (χ1v) is 11.5. The second-order valence-corrected chi connectivity index (χ2v) is 11.1. The number of nitrogens with two attached hydrogens (primary N) is 1. The number of hydrogen-bond acceptors (Lipinski definition) is 2. The molecule has 5 atom stereocenters. The normalized spacial score (nSPS) is 42.4. The summed E-state index contributed by atoms with van der Waals surface area (Å²) in [5, 5.41) is 0. The molecule has 4 bridgehead atoms. The Bertz CT molecular complexity index is 828. The molecule has 1 aliphatic heterocycles. The molecule has 1 heterocycles. The molecule has 1 saturated heterocycles. The van der Waals surface area contributed by atoms with Crippen molar-refractivity contribution in [2.45, 2.75) is 64.3 Å². The summed E-state index contributed by atoms with van der Waals surface area (Å²) >= 11 is 6.34. The van der Waals surface area contributed by atoms with Gasteiger partial charge >= 0.3 is 0 Å². The fourth-order valence-corrected chi connectivity index (χ4v) is 7.89. The van der Waals surface area contributed by atoms with Crippen molar-refractivity contribution < 1.29 is 0 Å². The summed E-state index contributed by atoms with van der Waals surface area (Å²) in [6, 6.07) is 11.6. The van der Waals surface area contributed by atoms with Gasteiger partial charge in [-0.05, 0) is 67.3 Å². The highest BCUT2D eigenvalue weighted by Crippen LogP contribution is 2.73. The van der Waals surface area contributed by atoms with Gasteiger partial charge in [0.05, 0.1) is 4.99 Å². The first kappa shape index (κ1) is 18.8. The molecule has 1 aromatic rings. The zero-order chi connectivity index (χ0) is 19.7. The molecule has 4 saturated carbocycles. The number of benzene rings is 1. The Labute approximate surface area is 175 Å². The smallest absolute Gasteiger partial charge is 0.0848 e. The third-order valence-corrected chi connectivity index (χ3v) is 9.45. The van der Waals surface area contributed by atoms with Crippen LogP contribution < -0.4 is 5.73 Å². The summed E-state index contributed by atoms with van der Waals surface area (Å²) in [6.45, 7) is 8.91. The molecule has 1 aromatic carbocycles.